The van der Waals surface area contributed by atoms with E-state index in [-0.39, 0.29) is 5.91 Å². The quantitative estimate of drug-likeness (QED) is 0.598. The standard InChI is InChI=1S/C19H18Cl2N2O2/c1-10(2)7-17(24)22-15-6-4-5-13(11(15)3)19-23-16-9-12(20)8-14(21)18(16)25-19/h4-6,8-10H,7H2,1-3H3,(H,22,24). The van der Waals surface area contributed by atoms with Crippen LogP contribution in [0.3, 0.4) is 0 Å². The molecular weight excluding hydrogens is 359 g/mol. The van der Waals surface area contributed by atoms with Crippen molar-refractivity contribution in [2.45, 2.75) is 27.2 Å². The molecule has 0 atom stereocenters. The Morgan fingerprint density at radius 3 is 2.76 bits per heavy atom. The summed E-state index contributed by atoms with van der Waals surface area (Å²) < 4.78 is 5.83. The number of aromatic nitrogens is 1. The molecule has 0 aliphatic carbocycles. The molecule has 2 aromatic carbocycles. The van der Waals surface area contributed by atoms with Gasteiger partial charge >= 0.3 is 0 Å². The largest absolute Gasteiger partial charge is 0.434 e. The lowest BCUT2D eigenvalue weighted by molar-refractivity contribution is -0.116. The smallest absolute Gasteiger partial charge is 0.227 e. The van der Waals surface area contributed by atoms with E-state index in [2.05, 4.69) is 10.3 Å². The number of benzene rings is 2. The molecule has 0 radical (unpaired) electrons. The van der Waals surface area contributed by atoms with Gasteiger partial charge in [-0.25, -0.2) is 4.98 Å². The van der Waals surface area contributed by atoms with E-state index in [1.807, 2.05) is 39.0 Å². The van der Waals surface area contributed by atoms with Crippen LogP contribution >= 0.6 is 23.2 Å². The fourth-order valence-electron chi connectivity index (χ4n) is 2.65. The topological polar surface area (TPSA) is 55.1 Å². The molecule has 3 rings (SSSR count). The second-order valence-electron chi connectivity index (χ2n) is 6.38. The Morgan fingerprint density at radius 2 is 2.04 bits per heavy atom. The van der Waals surface area contributed by atoms with Crippen molar-refractivity contribution >= 4 is 45.9 Å². The number of carbonyl (C=O) groups is 1. The first-order valence-electron chi connectivity index (χ1n) is 8.00. The number of fused-ring (bicyclic) bond motifs is 1. The molecule has 0 unspecified atom stereocenters. The Hall–Kier alpha value is -2.04. The number of hydrogen-bond donors (Lipinski definition) is 1. The molecule has 1 amide bonds. The molecule has 0 saturated carbocycles. The van der Waals surface area contributed by atoms with Crippen LogP contribution in [0.2, 0.25) is 10.0 Å². The lowest BCUT2D eigenvalue weighted by Crippen LogP contribution is -2.14. The van der Waals surface area contributed by atoms with Gasteiger partial charge in [0.15, 0.2) is 5.58 Å². The maximum Gasteiger partial charge on any atom is 0.227 e. The number of nitrogens with one attached hydrogen (secondary N) is 1. The summed E-state index contributed by atoms with van der Waals surface area (Å²) in [5.74, 6) is 0.728. The van der Waals surface area contributed by atoms with Gasteiger partial charge in [-0.2, -0.15) is 0 Å². The summed E-state index contributed by atoms with van der Waals surface area (Å²) in [4.78, 5) is 16.5. The lowest BCUT2D eigenvalue weighted by Gasteiger charge is -2.11. The highest BCUT2D eigenvalue weighted by atomic mass is 35.5. The Labute approximate surface area is 156 Å². The third kappa shape index (κ3) is 3.80. The molecule has 0 spiro atoms. The van der Waals surface area contributed by atoms with Crippen LogP contribution in [-0.2, 0) is 4.79 Å². The second kappa shape index (κ2) is 7.06. The van der Waals surface area contributed by atoms with Crippen LogP contribution in [0.1, 0.15) is 25.8 Å². The molecule has 130 valence electrons. The number of hydrogen-bond acceptors (Lipinski definition) is 3. The van der Waals surface area contributed by atoms with Gasteiger partial charge in [0, 0.05) is 22.7 Å². The number of amides is 1. The molecule has 0 aliphatic heterocycles. The van der Waals surface area contributed by atoms with Gasteiger partial charge < -0.3 is 9.73 Å². The molecule has 0 aliphatic rings. The summed E-state index contributed by atoms with van der Waals surface area (Å²) in [5, 5.41) is 3.87. The zero-order chi connectivity index (χ0) is 18.1. The van der Waals surface area contributed by atoms with Crippen molar-refractivity contribution in [3.8, 4) is 11.5 Å². The summed E-state index contributed by atoms with van der Waals surface area (Å²) >= 11 is 12.2. The van der Waals surface area contributed by atoms with Crippen molar-refractivity contribution < 1.29 is 9.21 Å². The summed E-state index contributed by atoms with van der Waals surface area (Å²) in [5.41, 5.74) is 3.52. The van der Waals surface area contributed by atoms with Crippen molar-refractivity contribution in [3.63, 3.8) is 0 Å². The summed E-state index contributed by atoms with van der Waals surface area (Å²) in [6.07, 6.45) is 0.473. The van der Waals surface area contributed by atoms with Crippen LogP contribution in [-0.4, -0.2) is 10.9 Å². The average molecular weight is 377 g/mol. The fraction of sp³-hybridized carbons (Fsp3) is 0.263. The van der Waals surface area contributed by atoms with Gasteiger partial charge in [-0.1, -0.05) is 43.1 Å². The maximum atomic E-state index is 12.1. The highest BCUT2D eigenvalue weighted by molar-refractivity contribution is 6.38. The Balaban J connectivity index is 1.99. The first kappa shape index (κ1) is 17.8. The first-order valence-corrected chi connectivity index (χ1v) is 8.76. The maximum absolute atomic E-state index is 12.1. The van der Waals surface area contributed by atoms with E-state index >= 15 is 0 Å². The summed E-state index contributed by atoms with van der Waals surface area (Å²) in [6, 6.07) is 8.95. The van der Waals surface area contributed by atoms with Gasteiger partial charge in [-0.15, -0.1) is 0 Å². The SMILES string of the molecule is Cc1c(NC(=O)CC(C)C)cccc1-c1nc2cc(Cl)cc(Cl)c2o1. The van der Waals surface area contributed by atoms with Gasteiger partial charge in [-0.05, 0) is 42.7 Å². The normalized spacial score (nSPS) is 11.3. The first-order chi connectivity index (χ1) is 11.8. The van der Waals surface area contributed by atoms with E-state index in [9.17, 15) is 4.79 Å². The number of anilines is 1. The molecule has 6 heteroatoms. The van der Waals surface area contributed by atoms with Crippen LogP contribution in [0.15, 0.2) is 34.7 Å². The number of carbonyl (C=O) groups excluding carboxylic acids is 1. The molecule has 4 nitrogen and oxygen atoms in total. The summed E-state index contributed by atoms with van der Waals surface area (Å²) in [6.45, 7) is 5.94. The zero-order valence-electron chi connectivity index (χ0n) is 14.2. The molecule has 3 aromatic rings. The third-order valence-corrected chi connectivity index (χ3v) is 4.34. The predicted octanol–water partition coefficient (Wildman–Crippen LogP) is 6.09. The fourth-order valence-corrected chi connectivity index (χ4v) is 3.17. The minimum Gasteiger partial charge on any atom is -0.434 e. The average Bonchev–Trinajstić information content (AvgIpc) is 2.92. The van der Waals surface area contributed by atoms with E-state index in [0.29, 0.717) is 39.4 Å². The Kier molecular flexibility index (Phi) is 5.02. The second-order valence-corrected chi connectivity index (χ2v) is 7.22. The molecule has 0 saturated heterocycles. The molecule has 1 N–H and O–H groups in total. The van der Waals surface area contributed by atoms with Crippen molar-refractivity contribution in [2.75, 3.05) is 5.32 Å². The number of oxazole rings is 1. The highest BCUT2D eigenvalue weighted by Crippen LogP contribution is 2.34. The van der Waals surface area contributed by atoms with Gasteiger partial charge in [0.25, 0.3) is 0 Å². The molecule has 0 bridgehead atoms. The van der Waals surface area contributed by atoms with E-state index in [1.165, 1.54) is 0 Å². The number of rotatable bonds is 4. The van der Waals surface area contributed by atoms with Gasteiger partial charge in [0.1, 0.15) is 5.52 Å². The van der Waals surface area contributed by atoms with Gasteiger partial charge in [-0.3, -0.25) is 4.79 Å². The minimum absolute atomic E-state index is 0.0114. The highest BCUT2D eigenvalue weighted by Gasteiger charge is 2.16. The molecule has 1 heterocycles. The number of halogens is 2. The minimum atomic E-state index is -0.0114. The molecule has 1 aromatic heterocycles. The van der Waals surface area contributed by atoms with Gasteiger partial charge in [0.05, 0.1) is 5.02 Å². The van der Waals surface area contributed by atoms with Crippen molar-refractivity contribution in [1.29, 1.82) is 0 Å². The Bertz CT molecular complexity index is 948. The monoisotopic (exact) mass is 376 g/mol. The molecule has 25 heavy (non-hydrogen) atoms. The van der Waals surface area contributed by atoms with Crippen molar-refractivity contribution in [2.24, 2.45) is 5.92 Å². The predicted molar refractivity (Wildman–Crippen MR) is 102 cm³/mol. The van der Waals surface area contributed by atoms with Gasteiger partial charge in [0.2, 0.25) is 11.8 Å². The van der Waals surface area contributed by atoms with Crippen LogP contribution in [0.25, 0.3) is 22.6 Å². The van der Waals surface area contributed by atoms with E-state index < -0.39 is 0 Å². The van der Waals surface area contributed by atoms with E-state index in [4.69, 9.17) is 27.6 Å². The summed E-state index contributed by atoms with van der Waals surface area (Å²) in [7, 11) is 0. The van der Waals surface area contributed by atoms with Crippen LogP contribution in [0.4, 0.5) is 5.69 Å². The van der Waals surface area contributed by atoms with Crippen molar-refractivity contribution in [1.82, 2.24) is 4.98 Å². The Morgan fingerprint density at radius 1 is 1.28 bits per heavy atom. The van der Waals surface area contributed by atoms with Crippen LogP contribution in [0, 0.1) is 12.8 Å². The van der Waals surface area contributed by atoms with Crippen LogP contribution < -0.4 is 5.32 Å². The molecule has 0 fully saturated rings. The van der Waals surface area contributed by atoms with Crippen molar-refractivity contribution in [3.05, 3.63) is 45.9 Å². The van der Waals surface area contributed by atoms with E-state index in [1.54, 1.807) is 12.1 Å². The van der Waals surface area contributed by atoms with Crippen LogP contribution in [0.5, 0.6) is 0 Å². The molecular formula is C19H18Cl2N2O2. The zero-order valence-corrected chi connectivity index (χ0v) is 15.7. The lowest BCUT2D eigenvalue weighted by atomic mass is 10.1. The van der Waals surface area contributed by atoms with E-state index in [0.717, 1.165) is 16.8 Å². The number of nitrogens with zero attached hydrogens (tertiary/aromatic N) is 1. The third-order valence-electron chi connectivity index (χ3n) is 3.84.